The van der Waals surface area contributed by atoms with Crippen molar-refractivity contribution in [1.82, 2.24) is 9.65 Å². The average Bonchev–Trinajstić information content (AvgIpc) is 3.47. The highest BCUT2D eigenvalue weighted by atomic mass is 31.2. The molecular formula is C28H28N3OP. The van der Waals surface area contributed by atoms with Gasteiger partial charge in [0.05, 0.1) is 0 Å². The molecule has 0 radical (unpaired) electrons. The van der Waals surface area contributed by atoms with Gasteiger partial charge in [0, 0.05) is 35.9 Å². The van der Waals surface area contributed by atoms with Crippen LogP contribution in [0.25, 0.3) is 10.9 Å². The first-order valence-corrected chi connectivity index (χ1v) is 13.0. The maximum Gasteiger partial charge on any atom is 0.279 e. The summed E-state index contributed by atoms with van der Waals surface area (Å²) in [5.41, 5.74) is 4.67. The van der Waals surface area contributed by atoms with Gasteiger partial charge in [-0.15, -0.1) is 0 Å². The Labute approximate surface area is 196 Å². The second-order valence-electron chi connectivity index (χ2n) is 8.84. The van der Waals surface area contributed by atoms with Crippen LogP contribution in [0.2, 0.25) is 0 Å². The molecule has 0 N–H and O–H groups in total. The number of hydrogen-bond acceptors (Lipinski definition) is 4. The lowest BCUT2D eigenvalue weighted by Crippen LogP contribution is -2.20. The zero-order valence-corrected chi connectivity index (χ0v) is 19.6. The van der Waals surface area contributed by atoms with Gasteiger partial charge in [0.15, 0.2) is 5.75 Å². The molecule has 0 saturated carbocycles. The summed E-state index contributed by atoms with van der Waals surface area (Å²) in [7, 11) is -0.902. The predicted molar refractivity (Wildman–Crippen MR) is 137 cm³/mol. The standard InChI is InChI=1S/C28H28N3OP/c1-3-9-22(10-4-1)16-18-24-19-17-23-11-7-15-27(28(23)29-24)32-33-30-20-8-14-26(30)21-31(33)25-12-5-2-6-13-25/h1-7,9-13,15,17,19,26H,8,14,16,18,20-21H2/t26-,33?/m0/s1. The lowest BCUT2D eigenvalue weighted by atomic mass is 10.1. The Balaban J connectivity index is 1.30. The zero-order chi connectivity index (χ0) is 22.0. The van der Waals surface area contributed by atoms with Crippen molar-refractivity contribution in [3.05, 3.63) is 102 Å². The maximum atomic E-state index is 6.84. The number of anilines is 1. The summed E-state index contributed by atoms with van der Waals surface area (Å²) < 4.78 is 11.9. The first kappa shape index (κ1) is 20.7. The van der Waals surface area contributed by atoms with E-state index in [0.29, 0.717) is 6.04 Å². The molecule has 5 heteroatoms. The third-order valence-corrected chi connectivity index (χ3v) is 8.78. The molecule has 2 fully saturated rings. The molecule has 1 unspecified atom stereocenters. The van der Waals surface area contributed by atoms with Gasteiger partial charge in [0.25, 0.3) is 8.45 Å². The number of aryl methyl sites for hydroxylation is 2. The quantitative estimate of drug-likeness (QED) is 0.307. The fourth-order valence-electron chi connectivity index (χ4n) is 4.92. The minimum absolute atomic E-state index is 0.584. The van der Waals surface area contributed by atoms with Gasteiger partial charge < -0.3 is 9.19 Å². The minimum atomic E-state index is -0.902. The number of nitrogens with zero attached hydrogens (tertiary/aromatic N) is 3. The normalized spacial score (nSPS) is 20.3. The highest BCUT2D eigenvalue weighted by molar-refractivity contribution is 7.52. The molecule has 2 atom stereocenters. The second-order valence-corrected chi connectivity index (χ2v) is 10.5. The first-order valence-electron chi connectivity index (χ1n) is 11.8. The van der Waals surface area contributed by atoms with Crippen molar-refractivity contribution in [2.24, 2.45) is 0 Å². The van der Waals surface area contributed by atoms with E-state index < -0.39 is 8.45 Å². The van der Waals surface area contributed by atoms with Crippen molar-refractivity contribution in [2.75, 3.05) is 17.8 Å². The number of benzene rings is 3. The van der Waals surface area contributed by atoms with Crippen molar-refractivity contribution < 1.29 is 4.52 Å². The molecule has 0 amide bonds. The van der Waals surface area contributed by atoms with E-state index in [2.05, 4.69) is 100 Å². The second kappa shape index (κ2) is 9.13. The Morgan fingerprint density at radius 3 is 2.52 bits per heavy atom. The summed E-state index contributed by atoms with van der Waals surface area (Å²) >= 11 is 0. The van der Waals surface area contributed by atoms with Crippen LogP contribution in [0.15, 0.2) is 91.0 Å². The molecular weight excluding hydrogens is 425 g/mol. The SMILES string of the molecule is c1ccc(CCc2ccc3cccc(OP4N(c5ccccc5)C[C@@H]5CCCN54)c3n2)cc1. The van der Waals surface area contributed by atoms with Crippen LogP contribution >= 0.6 is 8.45 Å². The molecule has 4 nitrogen and oxygen atoms in total. The molecule has 3 aromatic carbocycles. The summed E-state index contributed by atoms with van der Waals surface area (Å²) in [6.07, 6.45) is 4.43. The zero-order valence-electron chi connectivity index (χ0n) is 18.7. The minimum Gasteiger partial charge on any atom is -0.438 e. The Morgan fingerprint density at radius 2 is 1.67 bits per heavy atom. The van der Waals surface area contributed by atoms with Crippen LogP contribution in [0, 0.1) is 0 Å². The summed E-state index contributed by atoms with van der Waals surface area (Å²) in [4.78, 5) is 5.06. The van der Waals surface area contributed by atoms with Crippen LogP contribution in [-0.2, 0) is 12.8 Å². The van der Waals surface area contributed by atoms with Gasteiger partial charge in [-0.2, -0.15) is 0 Å². The molecule has 4 aromatic rings. The topological polar surface area (TPSA) is 28.6 Å². The molecule has 0 aliphatic carbocycles. The van der Waals surface area contributed by atoms with Crippen molar-refractivity contribution >= 4 is 25.0 Å². The summed E-state index contributed by atoms with van der Waals surface area (Å²) in [6, 6.07) is 32.6. The fraction of sp³-hybridized carbons (Fsp3) is 0.250. The molecule has 6 rings (SSSR count). The average molecular weight is 454 g/mol. The van der Waals surface area contributed by atoms with Gasteiger partial charge >= 0.3 is 0 Å². The van der Waals surface area contributed by atoms with E-state index in [-0.39, 0.29) is 0 Å². The van der Waals surface area contributed by atoms with Crippen molar-refractivity contribution in [3.63, 3.8) is 0 Å². The number of fused-ring (bicyclic) bond motifs is 2. The van der Waals surface area contributed by atoms with E-state index in [1.807, 2.05) is 0 Å². The predicted octanol–water partition coefficient (Wildman–Crippen LogP) is 6.61. The van der Waals surface area contributed by atoms with E-state index in [1.54, 1.807) is 0 Å². The van der Waals surface area contributed by atoms with Crippen LogP contribution < -0.4 is 9.19 Å². The highest BCUT2D eigenvalue weighted by Crippen LogP contribution is 2.57. The molecule has 2 aliphatic heterocycles. The van der Waals surface area contributed by atoms with E-state index in [4.69, 9.17) is 9.51 Å². The summed E-state index contributed by atoms with van der Waals surface area (Å²) in [5.74, 6) is 0.897. The molecule has 0 bridgehead atoms. The third-order valence-electron chi connectivity index (χ3n) is 6.64. The number of pyridine rings is 1. The van der Waals surface area contributed by atoms with Crippen LogP contribution in [0.5, 0.6) is 5.75 Å². The largest absolute Gasteiger partial charge is 0.438 e. The molecule has 0 spiro atoms. The first-order chi connectivity index (χ1) is 16.3. The monoisotopic (exact) mass is 453 g/mol. The molecule has 166 valence electrons. The summed E-state index contributed by atoms with van der Waals surface area (Å²) in [5, 5.41) is 1.13. The summed E-state index contributed by atoms with van der Waals surface area (Å²) in [6.45, 7) is 2.15. The van der Waals surface area contributed by atoms with Crippen LogP contribution in [-0.4, -0.2) is 28.8 Å². The van der Waals surface area contributed by atoms with Crippen LogP contribution in [0.1, 0.15) is 24.1 Å². The number of rotatable bonds is 6. The molecule has 1 aromatic heterocycles. The smallest absolute Gasteiger partial charge is 0.279 e. The Kier molecular flexibility index (Phi) is 5.71. The lowest BCUT2D eigenvalue weighted by molar-refractivity contribution is 0.433. The number of hydrogen-bond donors (Lipinski definition) is 0. The Hall–Kier alpha value is -2.94. The number of para-hydroxylation sites is 2. The molecule has 2 saturated heterocycles. The van der Waals surface area contributed by atoms with Crippen LogP contribution in [0.4, 0.5) is 5.69 Å². The Bertz CT molecular complexity index is 1230. The maximum absolute atomic E-state index is 6.84. The van der Waals surface area contributed by atoms with Gasteiger partial charge in [0.1, 0.15) is 5.52 Å². The van der Waals surface area contributed by atoms with Gasteiger partial charge in [-0.1, -0.05) is 66.7 Å². The third kappa shape index (κ3) is 4.21. The van der Waals surface area contributed by atoms with Crippen molar-refractivity contribution in [3.8, 4) is 5.75 Å². The Morgan fingerprint density at radius 1 is 0.848 bits per heavy atom. The van der Waals surface area contributed by atoms with Crippen molar-refractivity contribution in [2.45, 2.75) is 31.7 Å². The van der Waals surface area contributed by atoms with E-state index in [9.17, 15) is 0 Å². The van der Waals surface area contributed by atoms with Gasteiger partial charge in [0.2, 0.25) is 0 Å². The van der Waals surface area contributed by atoms with Gasteiger partial charge in [-0.05, 0) is 55.5 Å². The van der Waals surface area contributed by atoms with E-state index in [1.165, 1.54) is 24.1 Å². The lowest BCUT2D eigenvalue weighted by Gasteiger charge is -2.29. The van der Waals surface area contributed by atoms with Crippen molar-refractivity contribution in [1.29, 1.82) is 0 Å². The van der Waals surface area contributed by atoms with E-state index in [0.717, 1.165) is 48.3 Å². The van der Waals surface area contributed by atoms with Crippen LogP contribution in [0.3, 0.4) is 0 Å². The molecule has 3 heterocycles. The highest BCUT2D eigenvalue weighted by Gasteiger charge is 2.45. The van der Waals surface area contributed by atoms with Gasteiger partial charge in [-0.25, -0.2) is 9.65 Å². The molecule has 2 aliphatic rings. The van der Waals surface area contributed by atoms with E-state index >= 15 is 0 Å². The fourth-order valence-corrected chi connectivity index (χ4v) is 7.17. The molecule has 33 heavy (non-hydrogen) atoms. The number of aromatic nitrogens is 1. The van der Waals surface area contributed by atoms with Gasteiger partial charge in [-0.3, -0.25) is 0 Å².